The molecule has 0 amide bonds. The smallest absolute Gasteiger partial charge is 0.309 e. The standard InChI is InChI=1S/C10H12N2O4S/c1-16-9(13)5-6-2-3-7-8(4-6)17(11,15)12-10(7)14/h2-4,10,14H,5H2,1H3,(H2,11,12,15). The number of fused-ring (bicyclic) bond motifs is 1. The van der Waals surface area contributed by atoms with Gasteiger partial charge in [-0.1, -0.05) is 12.1 Å². The van der Waals surface area contributed by atoms with E-state index in [9.17, 15) is 14.1 Å². The second-order valence-corrected chi connectivity index (χ2v) is 5.49. The van der Waals surface area contributed by atoms with Gasteiger partial charge in [-0.05, 0) is 11.6 Å². The van der Waals surface area contributed by atoms with Gasteiger partial charge >= 0.3 is 5.97 Å². The predicted octanol–water partition coefficient (Wildman–Crippen LogP) is 0.317. The fourth-order valence-corrected chi connectivity index (χ4v) is 3.08. The summed E-state index contributed by atoms with van der Waals surface area (Å²) in [5, 5.41) is 9.53. The lowest BCUT2D eigenvalue weighted by Gasteiger charge is -2.04. The molecule has 1 aromatic carbocycles. The number of carbonyl (C=O) groups is 1. The highest BCUT2D eigenvalue weighted by Gasteiger charge is 2.30. The lowest BCUT2D eigenvalue weighted by Crippen LogP contribution is -2.17. The van der Waals surface area contributed by atoms with E-state index in [2.05, 4.69) is 9.46 Å². The molecule has 1 aliphatic heterocycles. The SMILES string of the molecule is COC(=O)Cc1ccc2c(c1)S(=N)(=O)NC2O. The average molecular weight is 256 g/mol. The Morgan fingerprint density at radius 1 is 1.65 bits per heavy atom. The fraction of sp³-hybridized carbons (Fsp3) is 0.300. The van der Waals surface area contributed by atoms with Crippen molar-refractivity contribution in [3.05, 3.63) is 29.3 Å². The van der Waals surface area contributed by atoms with Crippen molar-refractivity contribution in [2.75, 3.05) is 7.11 Å². The van der Waals surface area contributed by atoms with Crippen molar-refractivity contribution in [3.63, 3.8) is 0 Å². The summed E-state index contributed by atoms with van der Waals surface area (Å²) in [5.74, 6) is -0.409. The molecule has 1 aromatic rings. The second kappa shape index (κ2) is 4.10. The number of benzene rings is 1. The van der Waals surface area contributed by atoms with E-state index in [1.807, 2.05) is 0 Å². The van der Waals surface area contributed by atoms with E-state index >= 15 is 0 Å². The number of esters is 1. The van der Waals surface area contributed by atoms with Crippen molar-refractivity contribution in [2.45, 2.75) is 17.5 Å². The molecule has 7 heteroatoms. The molecule has 1 heterocycles. The van der Waals surface area contributed by atoms with Crippen molar-refractivity contribution < 1.29 is 18.8 Å². The van der Waals surface area contributed by atoms with Crippen LogP contribution in [-0.4, -0.2) is 22.4 Å². The lowest BCUT2D eigenvalue weighted by molar-refractivity contribution is -0.139. The van der Waals surface area contributed by atoms with Crippen LogP contribution in [0.2, 0.25) is 0 Å². The summed E-state index contributed by atoms with van der Waals surface area (Å²) in [6.45, 7) is 0. The van der Waals surface area contributed by atoms with Crippen molar-refractivity contribution in [3.8, 4) is 0 Å². The third kappa shape index (κ3) is 2.17. The first-order valence-corrected chi connectivity index (χ1v) is 6.43. The maximum atomic E-state index is 11.8. The van der Waals surface area contributed by atoms with E-state index in [-0.39, 0.29) is 11.3 Å². The van der Waals surface area contributed by atoms with Crippen LogP contribution in [0.25, 0.3) is 0 Å². The summed E-state index contributed by atoms with van der Waals surface area (Å²) in [7, 11) is -1.89. The van der Waals surface area contributed by atoms with Gasteiger partial charge < -0.3 is 9.84 Å². The van der Waals surface area contributed by atoms with Gasteiger partial charge in [-0.25, -0.2) is 8.99 Å². The van der Waals surface area contributed by atoms with Gasteiger partial charge in [-0.15, -0.1) is 0 Å². The van der Waals surface area contributed by atoms with Crippen LogP contribution < -0.4 is 4.72 Å². The van der Waals surface area contributed by atoms with E-state index in [0.29, 0.717) is 11.1 Å². The molecule has 2 unspecified atom stereocenters. The predicted molar refractivity (Wildman–Crippen MR) is 59.4 cm³/mol. The van der Waals surface area contributed by atoms with E-state index in [1.165, 1.54) is 13.2 Å². The summed E-state index contributed by atoms with van der Waals surface area (Å²) in [6, 6.07) is 4.69. The van der Waals surface area contributed by atoms with Crippen LogP contribution in [0, 0.1) is 4.78 Å². The summed E-state index contributed by atoms with van der Waals surface area (Å²) in [6.07, 6.45) is -1.04. The topological polar surface area (TPSA) is 99.5 Å². The minimum atomic E-state index is -3.17. The summed E-state index contributed by atoms with van der Waals surface area (Å²) in [4.78, 5) is 11.3. The number of ether oxygens (including phenoxy) is 1. The van der Waals surface area contributed by atoms with Crippen LogP contribution in [0.1, 0.15) is 17.4 Å². The molecule has 0 saturated heterocycles. The van der Waals surface area contributed by atoms with Crippen LogP contribution >= 0.6 is 0 Å². The highest BCUT2D eigenvalue weighted by atomic mass is 32.2. The second-order valence-electron chi connectivity index (χ2n) is 3.70. The van der Waals surface area contributed by atoms with Gasteiger partial charge in [0.15, 0.2) is 0 Å². The Morgan fingerprint density at radius 2 is 2.35 bits per heavy atom. The van der Waals surface area contributed by atoms with Crippen molar-refractivity contribution in [1.82, 2.24) is 4.72 Å². The maximum absolute atomic E-state index is 11.8. The third-order valence-electron chi connectivity index (χ3n) is 2.54. The van der Waals surface area contributed by atoms with E-state index in [4.69, 9.17) is 4.78 Å². The Labute approximate surface area is 98.7 Å². The molecule has 0 spiro atoms. The highest BCUT2D eigenvalue weighted by Crippen LogP contribution is 2.30. The number of aliphatic hydroxyl groups is 1. The Kier molecular flexibility index (Phi) is 2.90. The number of methoxy groups -OCH3 is 1. The van der Waals surface area contributed by atoms with E-state index in [1.54, 1.807) is 12.1 Å². The van der Waals surface area contributed by atoms with E-state index in [0.717, 1.165) is 0 Å². The van der Waals surface area contributed by atoms with Crippen LogP contribution in [0.3, 0.4) is 0 Å². The first-order chi connectivity index (χ1) is 7.94. The molecule has 6 nitrogen and oxygen atoms in total. The van der Waals surface area contributed by atoms with Crippen LogP contribution in [-0.2, 0) is 25.9 Å². The van der Waals surface area contributed by atoms with Gasteiger partial charge in [0.2, 0.25) is 0 Å². The van der Waals surface area contributed by atoms with Gasteiger partial charge in [-0.3, -0.25) is 4.79 Å². The zero-order valence-corrected chi connectivity index (χ0v) is 9.91. The largest absolute Gasteiger partial charge is 0.469 e. The molecule has 92 valence electrons. The molecule has 0 aliphatic carbocycles. The van der Waals surface area contributed by atoms with E-state index < -0.39 is 22.1 Å². The summed E-state index contributed by atoms with van der Waals surface area (Å²) < 4.78 is 26.2. The van der Waals surface area contributed by atoms with Crippen LogP contribution in [0.15, 0.2) is 23.1 Å². The Balaban J connectivity index is 2.41. The van der Waals surface area contributed by atoms with Crippen molar-refractivity contribution >= 4 is 15.9 Å². The van der Waals surface area contributed by atoms with Gasteiger partial charge in [0.05, 0.1) is 18.4 Å². The maximum Gasteiger partial charge on any atom is 0.309 e. The molecule has 17 heavy (non-hydrogen) atoms. The first-order valence-electron chi connectivity index (χ1n) is 4.88. The molecule has 2 rings (SSSR count). The Bertz CT molecular complexity index is 568. The number of hydrogen-bond acceptors (Lipinski definition) is 5. The van der Waals surface area contributed by atoms with Crippen LogP contribution in [0.5, 0.6) is 0 Å². The van der Waals surface area contributed by atoms with Gasteiger partial charge in [-0.2, -0.15) is 4.72 Å². The number of rotatable bonds is 2. The first kappa shape index (κ1) is 12.0. The zero-order valence-electron chi connectivity index (χ0n) is 9.10. The number of aliphatic hydroxyl groups excluding tert-OH is 1. The van der Waals surface area contributed by atoms with Crippen molar-refractivity contribution in [2.24, 2.45) is 0 Å². The Hall–Kier alpha value is -1.44. The monoisotopic (exact) mass is 256 g/mol. The Morgan fingerprint density at radius 3 is 3.00 bits per heavy atom. The minimum Gasteiger partial charge on any atom is -0.469 e. The summed E-state index contributed by atoms with van der Waals surface area (Å²) in [5.41, 5.74) is 1.02. The zero-order chi connectivity index (χ0) is 12.6. The molecule has 2 atom stereocenters. The third-order valence-corrected chi connectivity index (χ3v) is 4.06. The molecule has 3 N–H and O–H groups in total. The van der Waals surface area contributed by atoms with Gasteiger partial charge in [0.1, 0.15) is 16.1 Å². The number of hydrogen-bond donors (Lipinski definition) is 3. The molecule has 0 bridgehead atoms. The number of carbonyl (C=O) groups excluding carboxylic acids is 1. The van der Waals surface area contributed by atoms with Crippen molar-refractivity contribution in [1.29, 1.82) is 4.78 Å². The molecule has 0 aromatic heterocycles. The van der Waals surface area contributed by atoms with Crippen LogP contribution in [0.4, 0.5) is 0 Å². The molecule has 1 aliphatic rings. The fourth-order valence-electron chi connectivity index (χ4n) is 1.69. The quantitative estimate of drug-likeness (QED) is 0.663. The lowest BCUT2D eigenvalue weighted by atomic mass is 10.1. The van der Waals surface area contributed by atoms with Gasteiger partial charge in [0.25, 0.3) is 0 Å². The minimum absolute atomic E-state index is 0.0510. The van der Waals surface area contributed by atoms with Gasteiger partial charge in [0, 0.05) is 5.56 Å². The average Bonchev–Trinajstić information content (AvgIpc) is 2.49. The molecule has 0 radical (unpaired) electrons. The molecule has 0 fully saturated rings. The molecule has 0 saturated carbocycles. The number of nitrogens with one attached hydrogen (secondary N) is 2. The highest BCUT2D eigenvalue weighted by molar-refractivity contribution is 7.90. The molecular formula is C10H12N2O4S. The summed E-state index contributed by atoms with van der Waals surface area (Å²) >= 11 is 0. The molecular weight excluding hydrogens is 244 g/mol. The normalized spacial score (nSPS) is 26.6.